The van der Waals surface area contributed by atoms with Crippen molar-refractivity contribution < 1.29 is 17.9 Å². The number of hydrazone groups is 1. The van der Waals surface area contributed by atoms with Gasteiger partial charge in [-0.2, -0.15) is 5.10 Å². The molecule has 0 aliphatic rings. The average Bonchev–Trinajstić information content (AvgIpc) is 2.94. The van der Waals surface area contributed by atoms with Crippen LogP contribution in [-0.4, -0.2) is 27.1 Å². The lowest BCUT2D eigenvalue weighted by atomic mass is 10.1. The molecule has 7 nitrogen and oxygen atoms in total. The number of hydrogen-bond donors (Lipinski definition) is 1. The summed E-state index contributed by atoms with van der Waals surface area (Å²) in [5.74, 6) is -0.0442. The highest BCUT2D eigenvalue weighted by atomic mass is 35.5. The number of carbonyl (C=O) groups is 1. The smallest absolute Gasteiger partial charge is 0.264 e. The zero-order valence-corrected chi connectivity index (χ0v) is 23.1. The van der Waals surface area contributed by atoms with E-state index in [-0.39, 0.29) is 11.5 Å². The molecular weight excluding hydrogens is 534 g/mol. The molecule has 9 heteroatoms. The minimum atomic E-state index is -4.01. The summed E-state index contributed by atoms with van der Waals surface area (Å²) in [6.45, 7) is 3.63. The first-order chi connectivity index (χ1) is 18.8. The van der Waals surface area contributed by atoms with Crippen molar-refractivity contribution in [2.45, 2.75) is 25.3 Å². The summed E-state index contributed by atoms with van der Waals surface area (Å²) >= 11 is 6.22. The van der Waals surface area contributed by atoms with Crippen molar-refractivity contribution in [2.24, 2.45) is 5.10 Å². The monoisotopic (exact) mass is 561 g/mol. The molecule has 0 spiro atoms. The van der Waals surface area contributed by atoms with Crippen molar-refractivity contribution in [1.29, 1.82) is 0 Å². The average molecular weight is 562 g/mol. The van der Waals surface area contributed by atoms with Gasteiger partial charge in [0, 0.05) is 16.1 Å². The largest absolute Gasteiger partial charge is 0.488 e. The number of nitrogens with one attached hydrogen (secondary N) is 1. The van der Waals surface area contributed by atoms with E-state index >= 15 is 0 Å². The molecule has 39 heavy (non-hydrogen) atoms. The number of para-hydroxylation sites is 1. The molecule has 0 fully saturated rings. The zero-order valence-electron chi connectivity index (χ0n) is 21.5. The van der Waals surface area contributed by atoms with Crippen molar-refractivity contribution in [3.8, 4) is 5.75 Å². The molecule has 0 aliphatic heterocycles. The summed E-state index contributed by atoms with van der Waals surface area (Å²) < 4.78 is 34.0. The van der Waals surface area contributed by atoms with Gasteiger partial charge in [-0.25, -0.2) is 13.8 Å². The Bertz CT molecular complexity index is 1590. The van der Waals surface area contributed by atoms with Crippen LogP contribution in [0.3, 0.4) is 0 Å². The molecule has 4 rings (SSSR count). The summed E-state index contributed by atoms with van der Waals surface area (Å²) in [7, 11) is -4.01. The summed E-state index contributed by atoms with van der Waals surface area (Å²) in [6, 6.07) is 27.9. The van der Waals surface area contributed by atoms with Crippen LogP contribution in [0.1, 0.15) is 22.3 Å². The van der Waals surface area contributed by atoms with E-state index in [1.165, 1.54) is 18.3 Å². The lowest BCUT2D eigenvalue weighted by molar-refractivity contribution is -0.119. The number of ether oxygens (including phenoxy) is 1. The van der Waals surface area contributed by atoms with E-state index in [0.717, 1.165) is 21.0 Å². The topological polar surface area (TPSA) is 88.1 Å². The van der Waals surface area contributed by atoms with E-state index in [0.29, 0.717) is 22.0 Å². The first-order valence-electron chi connectivity index (χ1n) is 12.2. The number of aryl methyl sites for hydroxylation is 2. The first-order valence-corrected chi connectivity index (χ1v) is 14.0. The molecule has 0 saturated heterocycles. The molecule has 0 radical (unpaired) electrons. The van der Waals surface area contributed by atoms with Crippen LogP contribution >= 0.6 is 11.6 Å². The Morgan fingerprint density at radius 1 is 0.923 bits per heavy atom. The highest BCUT2D eigenvalue weighted by Gasteiger charge is 2.27. The van der Waals surface area contributed by atoms with Gasteiger partial charge >= 0.3 is 0 Å². The Morgan fingerprint density at radius 2 is 1.62 bits per heavy atom. The summed E-state index contributed by atoms with van der Waals surface area (Å²) in [4.78, 5) is 13.0. The Hall–Kier alpha value is -4.14. The Labute approximate surface area is 233 Å². The van der Waals surface area contributed by atoms with Crippen LogP contribution in [0.2, 0.25) is 5.02 Å². The number of nitrogens with zero attached hydrogens (tertiary/aromatic N) is 2. The third-order valence-corrected chi connectivity index (χ3v) is 8.21. The van der Waals surface area contributed by atoms with E-state index in [1.807, 2.05) is 50.2 Å². The Kier molecular flexibility index (Phi) is 9.01. The Balaban J connectivity index is 1.50. The molecule has 0 saturated carbocycles. The fourth-order valence-corrected chi connectivity index (χ4v) is 5.37. The number of carbonyl (C=O) groups excluding carboxylic acids is 1. The number of benzene rings is 4. The molecule has 200 valence electrons. The van der Waals surface area contributed by atoms with E-state index in [4.69, 9.17) is 16.3 Å². The molecule has 1 N–H and O–H groups in total. The van der Waals surface area contributed by atoms with Crippen LogP contribution in [0.4, 0.5) is 5.69 Å². The predicted molar refractivity (Wildman–Crippen MR) is 155 cm³/mol. The predicted octanol–water partition coefficient (Wildman–Crippen LogP) is 5.88. The SMILES string of the molecule is Cc1ccc(N(CC(=O)N/N=C\c2ccccc2OCc2ccccc2Cl)S(=O)(=O)c2ccccc2)cc1C. The van der Waals surface area contributed by atoms with Gasteiger partial charge in [0.15, 0.2) is 0 Å². The van der Waals surface area contributed by atoms with Crippen molar-refractivity contribution in [3.63, 3.8) is 0 Å². The minimum absolute atomic E-state index is 0.0872. The van der Waals surface area contributed by atoms with Gasteiger partial charge in [0.1, 0.15) is 18.9 Å². The second kappa shape index (κ2) is 12.6. The van der Waals surface area contributed by atoms with Crippen LogP contribution in [0.5, 0.6) is 5.75 Å². The standard InChI is InChI=1S/C30H28ClN3O4S/c1-22-16-17-26(18-23(22)2)34(39(36,37)27-12-4-3-5-13-27)20-30(35)33-32-19-24-10-7-9-15-29(24)38-21-25-11-6-8-14-28(25)31/h3-19H,20-21H2,1-2H3,(H,33,35)/b32-19-. The van der Waals surface area contributed by atoms with E-state index in [2.05, 4.69) is 10.5 Å². The number of anilines is 1. The first kappa shape index (κ1) is 27.9. The lowest BCUT2D eigenvalue weighted by Crippen LogP contribution is -2.39. The molecule has 1 amide bonds. The molecule has 0 aromatic heterocycles. The fraction of sp³-hybridized carbons (Fsp3) is 0.133. The summed E-state index contributed by atoms with van der Waals surface area (Å²) in [5.41, 5.74) is 6.22. The van der Waals surface area contributed by atoms with Crippen molar-refractivity contribution in [2.75, 3.05) is 10.8 Å². The van der Waals surface area contributed by atoms with Crippen molar-refractivity contribution in [1.82, 2.24) is 5.43 Å². The van der Waals surface area contributed by atoms with Crippen LogP contribution in [0, 0.1) is 13.8 Å². The van der Waals surface area contributed by atoms with Gasteiger partial charge in [0.05, 0.1) is 16.8 Å². The third kappa shape index (κ3) is 7.04. The highest BCUT2D eigenvalue weighted by Crippen LogP contribution is 2.26. The molecule has 0 unspecified atom stereocenters. The van der Waals surface area contributed by atoms with Gasteiger partial charge in [-0.15, -0.1) is 0 Å². The normalized spacial score (nSPS) is 11.4. The number of sulfonamides is 1. The molecule has 4 aromatic rings. The van der Waals surface area contributed by atoms with Crippen LogP contribution in [0.25, 0.3) is 0 Å². The van der Waals surface area contributed by atoms with Crippen LogP contribution in [0.15, 0.2) is 107 Å². The summed E-state index contributed by atoms with van der Waals surface area (Å²) in [6.07, 6.45) is 1.45. The number of amides is 1. The Morgan fingerprint density at radius 3 is 2.36 bits per heavy atom. The van der Waals surface area contributed by atoms with Gasteiger partial charge in [0.25, 0.3) is 15.9 Å². The molecule has 4 aromatic carbocycles. The maximum atomic E-state index is 13.5. The second-order valence-electron chi connectivity index (χ2n) is 8.80. The molecule has 0 aliphatic carbocycles. The van der Waals surface area contributed by atoms with Crippen LogP contribution in [-0.2, 0) is 21.4 Å². The van der Waals surface area contributed by atoms with Gasteiger partial charge in [-0.05, 0) is 67.4 Å². The fourth-order valence-electron chi connectivity index (χ4n) is 3.74. The zero-order chi connectivity index (χ0) is 27.8. The quantitative estimate of drug-likeness (QED) is 0.193. The van der Waals surface area contributed by atoms with Crippen molar-refractivity contribution in [3.05, 3.63) is 124 Å². The third-order valence-electron chi connectivity index (χ3n) is 6.05. The number of rotatable bonds is 10. The van der Waals surface area contributed by atoms with Gasteiger partial charge in [-0.1, -0.05) is 66.2 Å². The van der Waals surface area contributed by atoms with Crippen molar-refractivity contribution >= 4 is 39.4 Å². The van der Waals surface area contributed by atoms with Crippen LogP contribution < -0.4 is 14.5 Å². The highest BCUT2D eigenvalue weighted by molar-refractivity contribution is 7.92. The van der Waals surface area contributed by atoms with E-state index in [9.17, 15) is 13.2 Å². The molecule has 0 bridgehead atoms. The minimum Gasteiger partial charge on any atom is -0.488 e. The maximum absolute atomic E-state index is 13.5. The van der Waals surface area contributed by atoms with Gasteiger partial charge in [-0.3, -0.25) is 9.10 Å². The molecule has 0 atom stereocenters. The van der Waals surface area contributed by atoms with Gasteiger partial charge < -0.3 is 4.74 Å². The van der Waals surface area contributed by atoms with E-state index in [1.54, 1.807) is 48.5 Å². The van der Waals surface area contributed by atoms with E-state index < -0.39 is 22.5 Å². The number of hydrogen-bond acceptors (Lipinski definition) is 5. The maximum Gasteiger partial charge on any atom is 0.264 e. The summed E-state index contributed by atoms with van der Waals surface area (Å²) in [5, 5.41) is 4.66. The second-order valence-corrected chi connectivity index (χ2v) is 11.1. The van der Waals surface area contributed by atoms with Gasteiger partial charge in [0.2, 0.25) is 0 Å². The molecular formula is C30H28ClN3O4S. The molecule has 0 heterocycles. The lowest BCUT2D eigenvalue weighted by Gasteiger charge is -2.24. The number of halogens is 1.